The fourth-order valence-electron chi connectivity index (χ4n) is 4.65. The number of aliphatic imine (C=N–C) groups is 2. The number of hydrogen-bond acceptors (Lipinski definition) is 6. The molecule has 0 saturated heterocycles. The number of nitrogens with zero attached hydrogens (tertiary/aromatic N) is 3. The summed E-state index contributed by atoms with van der Waals surface area (Å²) < 4.78 is 6.57. The van der Waals surface area contributed by atoms with Crippen LogP contribution < -0.4 is 31.7 Å². The van der Waals surface area contributed by atoms with Crippen molar-refractivity contribution in [3.8, 4) is 5.75 Å². The van der Waals surface area contributed by atoms with E-state index in [-0.39, 0.29) is 0 Å². The molecule has 8 heteroatoms. The van der Waals surface area contributed by atoms with E-state index in [0.717, 1.165) is 21.5 Å². The van der Waals surface area contributed by atoms with Crippen molar-refractivity contribution in [3.63, 3.8) is 0 Å². The van der Waals surface area contributed by atoms with Crippen molar-refractivity contribution in [2.24, 2.45) is 15.7 Å². The fourth-order valence-corrected chi connectivity index (χ4v) is 9.93. The van der Waals surface area contributed by atoms with Crippen molar-refractivity contribution in [1.82, 2.24) is 10.2 Å². The van der Waals surface area contributed by atoms with Crippen molar-refractivity contribution < 1.29 is 4.74 Å². The Labute approximate surface area is 228 Å². The van der Waals surface area contributed by atoms with Gasteiger partial charge >= 0.3 is 229 Å². The van der Waals surface area contributed by atoms with Gasteiger partial charge in [-0.3, -0.25) is 0 Å². The molecular weight excluding hydrogens is 513 g/mol. The molecule has 1 atom stereocenters. The zero-order chi connectivity index (χ0) is 26.6. The number of ether oxygens (including phenoxy) is 1. The van der Waals surface area contributed by atoms with Crippen LogP contribution in [-0.4, -0.2) is 37.3 Å². The number of hydrogen-bond donors (Lipinski definition) is 2. The molecule has 0 aliphatic carbocycles. The summed E-state index contributed by atoms with van der Waals surface area (Å²) in [6, 6.07) is 38.7. The summed E-state index contributed by atoms with van der Waals surface area (Å²) in [5, 5.41) is 6.15. The number of halogens is 1. The molecule has 0 saturated carbocycles. The van der Waals surface area contributed by atoms with Gasteiger partial charge < -0.3 is 0 Å². The minimum atomic E-state index is -3.53. The standard InChI is InChI=1S/C30H31ClN5OP/c1-36(2)30-34-28(33-29(32)35-30)23-18-20-24(21-19-23)37-22-38(31,25-12-6-3-7-13-25,26-14-8-4-9-15-26)27-16-10-5-11-17-27/h3-21,28H,22H2,1-2H3,(H3,32,33,34,35). The second-order valence-electron chi connectivity index (χ2n) is 9.39. The van der Waals surface area contributed by atoms with Gasteiger partial charge in [0.2, 0.25) is 0 Å². The van der Waals surface area contributed by atoms with Crippen molar-refractivity contribution in [3.05, 3.63) is 121 Å². The van der Waals surface area contributed by atoms with Crippen LogP contribution in [0.4, 0.5) is 0 Å². The number of nitrogens with one attached hydrogen (secondary N) is 1. The molecule has 1 aliphatic heterocycles. The molecule has 6 nitrogen and oxygen atoms in total. The number of guanidine groups is 2. The Morgan fingerprint density at radius 3 is 1.68 bits per heavy atom. The summed E-state index contributed by atoms with van der Waals surface area (Å²) in [5.41, 5.74) is 6.91. The Hall–Kier alpha value is -3.86. The Kier molecular flexibility index (Phi) is 7.11. The third-order valence-electron chi connectivity index (χ3n) is 6.70. The van der Waals surface area contributed by atoms with Crippen LogP contribution in [0.15, 0.2) is 125 Å². The third-order valence-corrected chi connectivity index (χ3v) is 13.5. The van der Waals surface area contributed by atoms with Crippen LogP contribution >= 0.6 is 17.2 Å². The first-order valence-electron chi connectivity index (χ1n) is 12.4. The molecule has 1 aliphatic rings. The van der Waals surface area contributed by atoms with E-state index in [1.807, 2.05) is 97.9 Å². The van der Waals surface area contributed by atoms with E-state index >= 15 is 0 Å². The van der Waals surface area contributed by atoms with Crippen molar-refractivity contribution in [1.29, 1.82) is 0 Å². The summed E-state index contributed by atoms with van der Waals surface area (Å²) in [6.45, 7) is 0. The Balaban J connectivity index is 1.53. The molecule has 0 spiro atoms. The molecule has 3 N–H and O–H groups in total. The predicted molar refractivity (Wildman–Crippen MR) is 162 cm³/mol. The Bertz CT molecular complexity index is 1350. The van der Waals surface area contributed by atoms with Crippen LogP contribution in [0.5, 0.6) is 5.75 Å². The summed E-state index contributed by atoms with van der Waals surface area (Å²) in [4.78, 5) is 11.0. The molecule has 194 valence electrons. The first-order valence-corrected chi connectivity index (χ1v) is 15.7. The van der Waals surface area contributed by atoms with E-state index < -0.39 is 12.1 Å². The molecule has 0 amide bonds. The summed E-state index contributed by atoms with van der Waals surface area (Å²) >= 11 is 8.08. The third kappa shape index (κ3) is 4.73. The van der Waals surface area contributed by atoms with Crippen LogP contribution in [-0.2, 0) is 0 Å². The van der Waals surface area contributed by atoms with Gasteiger partial charge in [0.1, 0.15) is 0 Å². The van der Waals surface area contributed by atoms with E-state index in [1.165, 1.54) is 0 Å². The molecule has 4 aromatic carbocycles. The van der Waals surface area contributed by atoms with E-state index in [4.69, 9.17) is 21.7 Å². The number of rotatable bonds is 7. The number of nitrogens with two attached hydrogens (primary N) is 1. The number of benzene rings is 4. The molecule has 0 radical (unpaired) electrons. The van der Waals surface area contributed by atoms with Crippen molar-refractivity contribution >= 4 is 45.0 Å². The molecular formula is C30H31ClN5OP. The average molecular weight is 544 g/mol. The van der Waals surface area contributed by atoms with E-state index in [1.54, 1.807) is 0 Å². The van der Waals surface area contributed by atoms with Crippen LogP contribution in [0.1, 0.15) is 11.7 Å². The SMILES string of the molecule is CN(C)C1=NC(c2ccc(OCP(Cl)(c3ccccc3)(c3ccccc3)c3ccccc3)cc2)N=C(N)N1. The van der Waals surface area contributed by atoms with E-state index in [2.05, 4.69) is 51.7 Å². The first-order chi connectivity index (χ1) is 18.4. The van der Waals surface area contributed by atoms with Crippen LogP contribution in [0, 0.1) is 0 Å². The van der Waals surface area contributed by atoms with Gasteiger partial charge in [-0.05, 0) is 0 Å². The molecule has 4 aromatic rings. The predicted octanol–water partition coefficient (Wildman–Crippen LogP) is 4.54. The van der Waals surface area contributed by atoms with Gasteiger partial charge in [0.15, 0.2) is 0 Å². The van der Waals surface area contributed by atoms with Crippen molar-refractivity contribution in [2.45, 2.75) is 6.17 Å². The van der Waals surface area contributed by atoms with Gasteiger partial charge in [-0.2, -0.15) is 0 Å². The van der Waals surface area contributed by atoms with Gasteiger partial charge in [0, 0.05) is 0 Å². The van der Waals surface area contributed by atoms with Crippen LogP contribution in [0.25, 0.3) is 0 Å². The second-order valence-corrected chi connectivity index (χ2v) is 15.8. The van der Waals surface area contributed by atoms with Crippen LogP contribution in [0.2, 0.25) is 0 Å². The quantitative estimate of drug-likeness (QED) is 0.336. The average Bonchev–Trinajstić information content (AvgIpc) is 2.97. The van der Waals surface area contributed by atoms with Crippen molar-refractivity contribution in [2.75, 3.05) is 20.4 Å². The molecule has 38 heavy (non-hydrogen) atoms. The fraction of sp³-hybridized carbons (Fsp3) is 0.133. The summed E-state index contributed by atoms with van der Waals surface area (Å²) in [5.74, 6) is -1.81. The monoisotopic (exact) mass is 543 g/mol. The Morgan fingerprint density at radius 1 is 0.763 bits per heavy atom. The summed E-state index contributed by atoms with van der Waals surface area (Å²) in [6.07, 6.45) is -0.126. The summed E-state index contributed by atoms with van der Waals surface area (Å²) in [7, 11) is 3.81. The molecule has 0 aromatic heterocycles. The molecule has 1 unspecified atom stereocenters. The minimum absolute atomic E-state index is 0.298. The van der Waals surface area contributed by atoms with Gasteiger partial charge in [-0.25, -0.2) is 0 Å². The zero-order valence-corrected chi connectivity index (χ0v) is 23.1. The molecule has 0 fully saturated rings. The molecule has 1 heterocycles. The van der Waals surface area contributed by atoms with Gasteiger partial charge in [-0.15, -0.1) is 0 Å². The maximum atomic E-state index is 8.08. The Morgan fingerprint density at radius 2 is 1.24 bits per heavy atom. The molecule has 5 rings (SSSR count). The first kappa shape index (κ1) is 25.8. The zero-order valence-electron chi connectivity index (χ0n) is 21.4. The normalized spacial score (nSPS) is 16.3. The second kappa shape index (κ2) is 10.5. The van der Waals surface area contributed by atoms with E-state index in [9.17, 15) is 0 Å². The van der Waals surface area contributed by atoms with E-state index in [0.29, 0.717) is 24.0 Å². The van der Waals surface area contributed by atoms with Gasteiger partial charge in [0.25, 0.3) is 0 Å². The van der Waals surface area contributed by atoms with Gasteiger partial charge in [-0.1, -0.05) is 0 Å². The topological polar surface area (TPSA) is 75.2 Å². The molecule has 0 bridgehead atoms. The van der Waals surface area contributed by atoms with Crippen LogP contribution in [0.3, 0.4) is 0 Å². The maximum absolute atomic E-state index is 8.08. The van der Waals surface area contributed by atoms with Gasteiger partial charge in [0.05, 0.1) is 0 Å².